The van der Waals surface area contributed by atoms with Crippen molar-refractivity contribution in [3.8, 4) is 11.1 Å². The number of hydrogen-bond donors (Lipinski definition) is 1. The van der Waals surface area contributed by atoms with E-state index in [-0.39, 0.29) is 0 Å². The number of hydrogen-bond acceptors (Lipinski definition) is 1. The summed E-state index contributed by atoms with van der Waals surface area (Å²) in [6.45, 7) is 5.95. The van der Waals surface area contributed by atoms with Crippen LogP contribution in [0.1, 0.15) is 27.0 Å². The molecule has 2 aromatic rings. The van der Waals surface area contributed by atoms with Gasteiger partial charge in [-0.2, -0.15) is 0 Å². The molecule has 2 heteroatoms. The smallest absolute Gasteiger partial charge is 0.335 e. The third-order valence-corrected chi connectivity index (χ3v) is 3.25. The normalized spacial score (nSPS) is 10.4. The van der Waals surface area contributed by atoms with Crippen LogP contribution < -0.4 is 0 Å². The third kappa shape index (κ3) is 2.14. The van der Waals surface area contributed by atoms with Gasteiger partial charge < -0.3 is 5.11 Å². The Morgan fingerprint density at radius 2 is 1.72 bits per heavy atom. The van der Waals surface area contributed by atoms with Gasteiger partial charge in [-0.15, -0.1) is 0 Å². The Morgan fingerprint density at radius 1 is 1.00 bits per heavy atom. The van der Waals surface area contributed by atoms with Crippen LogP contribution in [0, 0.1) is 20.8 Å². The molecule has 0 aliphatic carbocycles. The lowest BCUT2D eigenvalue weighted by atomic mass is 9.92. The van der Waals surface area contributed by atoms with Gasteiger partial charge in [-0.05, 0) is 49.1 Å². The summed E-state index contributed by atoms with van der Waals surface area (Å²) in [5, 5.41) is 9.16. The minimum absolute atomic E-state index is 0.369. The highest BCUT2D eigenvalue weighted by atomic mass is 16.4. The quantitative estimate of drug-likeness (QED) is 0.862. The van der Waals surface area contributed by atoms with E-state index in [0.29, 0.717) is 5.56 Å². The maximum atomic E-state index is 11.2. The van der Waals surface area contributed by atoms with Crippen LogP contribution in [-0.2, 0) is 0 Å². The Hall–Kier alpha value is -2.09. The van der Waals surface area contributed by atoms with E-state index in [9.17, 15) is 4.79 Å². The van der Waals surface area contributed by atoms with E-state index < -0.39 is 5.97 Å². The monoisotopic (exact) mass is 240 g/mol. The Kier molecular flexibility index (Phi) is 3.19. The van der Waals surface area contributed by atoms with Gasteiger partial charge in [0.25, 0.3) is 0 Å². The van der Waals surface area contributed by atoms with Crippen LogP contribution >= 0.6 is 0 Å². The maximum Gasteiger partial charge on any atom is 0.335 e. The topological polar surface area (TPSA) is 37.3 Å². The van der Waals surface area contributed by atoms with E-state index in [1.807, 2.05) is 26.8 Å². The molecule has 0 radical (unpaired) electrons. The van der Waals surface area contributed by atoms with Gasteiger partial charge in [0.05, 0.1) is 5.56 Å². The van der Waals surface area contributed by atoms with Crippen molar-refractivity contribution >= 4 is 5.97 Å². The Labute approximate surface area is 107 Å². The molecule has 0 amide bonds. The molecule has 1 N–H and O–H groups in total. The number of carbonyl (C=O) groups is 1. The first-order valence-corrected chi connectivity index (χ1v) is 5.91. The van der Waals surface area contributed by atoms with Crippen molar-refractivity contribution in [3.63, 3.8) is 0 Å². The minimum atomic E-state index is -0.875. The lowest BCUT2D eigenvalue weighted by Crippen LogP contribution is -2.01. The average molecular weight is 240 g/mol. The second kappa shape index (κ2) is 4.65. The van der Waals surface area contributed by atoms with Gasteiger partial charge in [-0.25, -0.2) is 4.79 Å². The molecule has 0 aliphatic heterocycles. The zero-order valence-electron chi connectivity index (χ0n) is 10.8. The summed E-state index contributed by atoms with van der Waals surface area (Å²) < 4.78 is 0. The Morgan fingerprint density at radius 3 is 2.39 bits per heavy atom. The summed E-state index contributed by atoms with van der Waals surface area (Å²) in [5.74, 6) is -0.875. The van der Waals surface area contributed by atoms with Crippen LogP contribution in [0.2, 0.25) is 0 Å². The summed E-state index contributed by atoms with van der Waals surface area (Å²) in [6, 6.07) is 11.7. The summed E-state index contributed by atoms with van der Waals surface area (Å²) in [6.07, 6.45) is 0. The van der Waals surface area contributed by atoms with E-state index >= 15 is 0 Å². The van der Waals surface area contributed by atoms with Crippen molar-refractivity contribution in [1.29, 1.82) is 0 Å². The predicted molar refractivity (Wildman–Crippen MR) is 73.0 cm³/mol. The highest BCUT2D eigenvalue weighted by molar-refractivity contribution is 5.92. The molecule has 2 rings (SSSR count). The summed E-state index contributed by atoms with van der Waals surface area (Å²) >= 11 is 0. The lowest BCUT2D eigenvalue weighted by molar-refractivity contribution is 0.0696. The lowest BCUT2D eigenvalue weighted by Gasteiger charge is -2.12. The van der Waals surface area contributed by atoms with E-state index in [1.165, 1.54) is 5.56 Å². The van der Waals surface area contributed by atoms with Crippen molar-refractivity contribution in [3.05, 3.63) is 58.7 Å². The molecule has 0 saturated carbocycles. The molecule has 2 aromatic carbocycles. The van der Waals surface area contributed by atoms with Gasteiger partial charge in [-0.1, -0.05) is 35.9 Å². The first-order valence-electron chi connectivity index (χ1n) is 5.91. The molecule has 0 fully saturated rings. The zero-order chi connectivity index (χ0) is 13.3. The van der Waals surface area contributed by atoms with Gasteiger partial charge in [0, 0.05) is 0 Å². The molecule has 0 atom stereocenters. The molecule has 0 unspecified atom stereocenters. The SMILES string of the molecule is Cc1ccc(C)c(-c2cccc(C(=O)O)c2C)c1. The summed E-state index contributed by atoms with van der Waals surface area (Å²) in [5.41, 5.74) is 5.63. The fourth-order valence-corrected chi connectivity index (χ4v) is 2.19. The molecular weight excluding hydrogens is 224 g/mol. The first kappa shape index (κ1) is 12.4. The van der Waals surface area contributed by atoms with Crippen LogP contribution in [0.5, 0.6) is 0 Å². The first-order chi connectivity index (χ1) is 8.50. The molecular formula is C16H16O2. The highest BCUT2D eigenvalue weighted by Crippen LogP contribution is 2.29. The molecule has 0 bridgehead atoms. The van der Waals surface area contributed by atoms with Crippen LogP contribution in [0.3, 0.4) is 0 Å². The van der Waals surface area contributed by atoms with Crippen molar-refractivity contribution in [2.24, 2.45) is 0 Å². The summed E-state index contributed by atoms with van der Waals surface area (Å²) in [4.78, 5) is 11.2. The molecule has 2 nitrogen and oxygen atoms in total. The van der Waals surface area contributed by atoms with Gasteiger partial charge >= 0.3 is 5.97 Å². The largest absolute Gasteiger partial charge is 0.478 e. The molecule has 0 heterocycles. The van der Waals surface area contributed by atoms with Crippen LogP contribution in [-0.4, -0.2) is 11.1 Å². The van der Waals surface area contributed by atoms with Gasteiger partial charge in [0.1, 0.15) is 0 Å². The van der Waals surface area contributed by atoms with E-state index in [1.54, 1.807) is 12.1 Å². The minimum Gasteiger partial charge on any atom is -0.478 e. The predicted octanol–water partition coefficient (Wildman–Crippen LogP) is 3.98. The fourth-order valence-electron chi connectivity index (χ4n) is 2.19. The standard InChI is InChI=1S/C16H16O2/c1-10-7-8-11(2)15(9-10)13-5-4-6-14(12(13)3)16(17)18/h4-9H,1-3H3,(H,17,18). The van der Waals surface area contributed by atoms with Crippen molar-refractivity contribution in [1.82, 2.24) is 0 Å². The number of carboxylic acid groups (broad SMARTS) is 1. The van der Waals surface area contributed by atoms with Gasteiger partial charge in [0.15, 0.2) is 0 Å². The maximum absolute atomic E-state index is 11.2. The molecule has 0 spiro atoms. The number of aromatic carboxylic acids is 1. The van der Waals surface area contributed by atoms with Crippen molar-refractivity contribution < 1.29 is 9.90 Å². The van der Waals surface area contributed by atoms with Gasteiger partial charge in [-0.3, -0.25) is 0 Å². The Bertz CT molecular complexity index is 612. The number of aryl methyl sites for hydroxylation is 2. The summed E-state index contributed by atoms with van der Waals surface area (Å²) in [7, 11) is 0. The van der Waals surface area contributed by atoms with Crippen molar-refractivity contribution in [2.75, 3.05) is 0 Å². The second-order valence-corrected chi connectivity index (χ2v) is 4.60. The number of benzene rings is 2. The molecule has 0 aromatic heterocycles. The van der Waals surface area contributed by atoms with Gasteiger partial charge in [0.2, 0.25) is 0 Å². The highest BCUT2D eigenvalue weighted by Gasteiger charge is 2.12. The van der Waals surface area contributed by atoms with Crippen LogP contribution in [0.25, 0.3) is 11.1 Å². The zero-order valence-corrected chi connectivity index (χ0v) is 10.8. The van der Waals surface area contributed by atoms with Crippen LogP contribution in [0.4, 0.5) is 0 Å². The number of carboxylic acids is 1. The van der Waals surface area contributed by atoms with Crippen LogP contribution in [0.15, 0.2) is 36.4 Å². The third-order valence-electron chi connectivity index (χ3n) is 3.25. The van der Waals surface area contributed by atoms with Crippen molar-refractivity contribution in [2.45, 2.75) is 20.8 Å². The van der Waals surface area contributed by atoms with E-state index in [4.69, 9.17) is 5.11 Å². The molecule has 0 aliphatic rings. The van der Waals surface area contributed by atoms with E-state index in [0.717, 1.165) is 22.3 Å². The molecule has 92 valence electrons. The second-order valence-electron chi connectivity index (χ2n) is 4.60. The Balaban J connectivity index is 2.68. The fraction of sp³-hybridized carbons (Fsp3) is 0.188. The average Bonchev–Trinajstić information content (AvgIpc) is 2.32. The molecule has 18 heavy (non-hydrogen) atoms. The molecule has 0 saturated heterocycles. The van der Waals surface area contributed by atoms with E-state index in [2.05, 4.69) is 18.2 Å². The number of rotatable bonds is 2.